The van der Waals surface area contributed by atoms with Gasteiger partial charge in [0.05, 0.1) is 64.7 Å². The molecule has 9 atom stereocenters. The Morgan fingerprint density at radius 2 is 1.75 bits per heavy atom. The number of hydrogen-bond acceptors (Lipinski definition) is 18. The molecule has 5 amide bonds. The Labute approximate surface area is 488 Å². The fourth-order valence-corrected chi connectivity index (χ4v) is 11.1. The molecule has 4 bridgehead atoms. The molecule has 1 unspecified atom stereocenters. The van der Waals surface area contributed by atoms with Crippen molar-refractivity contribution in [1.29, 1.82) is 0 Å². The monoisotopic (exact) mass is 1200 g/mol. The highest BCUT2D eigenvalue weighted by atomic mass is 35.5. The van der Waals surface area contributed by atoms with E-state index in [2.05, 4.69) is 21.4 Å². The van der Waals surface area contributed by atoms with Crippen molar-refractivity contribution in [3.63, 3.8) is 0 Å². The maximum atomic E-state index is 14.4. The number of alkyl carbamates (subject to hydrolysis) is 1. The minimum Gasteiger partial charge on any atom is -0.495 e. The number of carbonyl (C=O) groups is 6. The van der Waals surface area contributed by atoms with Gasteiger partial charge < -0.3 is 63.3 Å². The Bertz CT molecular complexity index is 3000. The topological polar surface area (TPSA) is 308 Å². The van der Waals surface area contributed by atoms with Gasteiger partial charge in [0.15, 0.2) is 5.72 Å². The second-order valence-electron chi connectivity index (χ2n) is 21.2. The maximum absolute atomic E-state index is 14.4. The van der Waals surface area contributed by atoms with E-state index in [1.165, 1.54) is 45.0 Å². The number of epoxide rings is 1. The van der Waals surface area contributed by atoms with E-state index in [0.717, 1.165) is 27.7 Å². The molecule has 0 radical (unpaired) electrons. The van der Waals surface area contributed by atoms with Crippen molar-refractivity contribution in [2.45, 2.75) is 121 Å². The molecule has 458 valence electrons. The predicted molar refractivity (Wildman–Crippen MR) is 306 cm³/mol. The predicted octanol–water partition coefficient (Wildman–Crippen LogP) is 3.04. The van der Waals surface area contributed by atoms with Gasteiger partial charge in [0.1, 0.15) is 52.5 Å². The van der Waals surface area contributed by atoms with Crippen LogP contribution in [0.4, 0.5) is 10.5 Å². The van der Waals surface area contributed by atoms with Gasteiger partial charge in [0.2, 0.25) is 23.6 Å². The number of hydrazine groups is 1. The number of esters is 1. The number of fused-ring (bicyclic) bond motifs is 6. The molecule has 1 aromatic heterocycles. The van der Waals surface area contributed by atoms with Crippen molar-refractivity contribution in [1.82, 2.24) is 35.9 Å². The van der Waals surface area contributed by atoms with E-state index in [9.17, 15) is 46.8 Å². The number of ether oxygens (including phenoxy) is 7. The Kier molecular flexibility index (Phi) is 23.1. The van der Waals surface area contributed by atoms with Crippen molar-refractivity contribution in [3.8, 4) is 5.75 Å². The number of methoxy groups -OCH3 is 2. The maximum Gasteiger partial charge on any atom is 0.409 e. The smallest absolute Gasteiger partial charge is 0.409 e. The summed E-state index contributed by atoms with van der Waals surface area (Å²) < 4.78 is 75.8. The lowest BCUT2D eigenvalue weighted by Gasteiger charge is -2.42. The first-order valence-electron chi connectivity index (χ1n) is 27.2. The molecule has 3 aliphatic rings. The lowest BCUT2D eigenvalue weighted by atomic mass is 9.83. The molecule has 25 nitrogen and oxygen atoms in total. The van der Waals surface area contributed by atoms with Crippen LogP contribution in [0.25, 0.3) is 10.9 Å². The number of aryl methyl sites for hydroxylation is 1. The highest BCUT2D eigenvalue weighted by molar-refractivity contribution is 7.85. The number of anilines is 1. The lowest BCUT2D eigenvalue weighted by molar-refractivity contribution is -0.162. The van der Waals surface area contributed by atoms with Gasteiger partial charge in [0, 0.05) is 71.3 Å². The molecular weight excluding hydrogens is 1120 g/mol. The number of allylic oxidation sites excluding steroid dienone is 3. The zero-order valence-electron chi connectivity index (χ0n) is 48.6. The summed E-state index contributed by atoms with van der Waals surface area (Å²) in [5.41, 5.74) is 3.62. The number of amides is 5. The largest absolute Gasteiger partial charge is 0.495 e. The van der Waals surface area contributed by atoms with E-state index in [-0.39, 0.29) is 63.8 Å². The molecule has 0 aliphatic carbocycles. The highest BCUT2D eigenvalue weighted by Crippen LogP contribution is 2.49. The van der Waals surface area contributed by atoms with Gasteiger partial charge in [-0.25, -0.2) is 14.6 Å². The van der Waals surface area contributed by atoms with Gasteiger partial charge >= 0.3 is 12.1 Å². The minimum absolute atomic E-state index is 0.0329. The number of aliphatic hydroxyl groups is 1. The summed E-state index contributed by atoms with van der Waals surface area (Å²) in [6.07, 6.45) is 0.0186. The summed E-state index contributed by atoms with van der Waals surface area (Å²) in [4.78, 5) is 83.6. The van der Waals surface area contributed by atoms with Crippen molar-refractivity contribution >= 4 is 74.0 Å². The third-order valence-corrected chi connectivity index (χ3v) is 16.3. The second-order valence-corrected chi connectivity index (χ2v) is 23.1. The molecule has 4 heterocycles. The van der Waals surface area contributed by atoms with Crippen LogP contribution in [-0.2, 0) is 82.0 Å². The fourth-order valence-electron chi connectivity index (χ4n) is 10.1. The summed E-state index contributed by atoms with van der Waals surface area (Å²) in [6.45, 7) is 7.45. The normalized spacial score (nSPS) is 24.8. The van der Waals surface area contributed by atoms with E-state index in [0.29, 0.717) is 24.4 Å². The number of para-hydroxylation sites is 1. The molecule has 2 saturated heterocycles. The number of likely N-dealkylation sites (N-methyl/N-ethyl adjacent to an activating group) is 1. The third-order valence-electron chi connectivity index (χ3n) is 15.2. The fraction of sp³-hybridized carbons (Fsp3) is 0.571. The van der Waals surface area contributed by atoms with Gasteiger partial charge in [-0.05, 0) is 69.5 Å². The number of aromatic nitrogens is 1. The van der Waals surface area contributed by atoms with E-state index >= 15 is 0 Å². The van der Waals surface area contributed by atoms with Crippen molar-refractivity contribution in [3.05, 3.63) is 82.5 Å². The third kappa shape index (κ3) is 17.5. The second kappa shape index (κ2) is 29.1. The molecule has 6 N–H and O–H groups in total. The number of benzene rings is 2. The van der Waals surface area contributed by atoms with Crippen LogP contribution >= 0.6 is 11.6 Å². The van der Waals surface area contributed by atoms with Crippen LogP contribution in [-0.4, -0.2) is 197 Å². The molecule has 27 heteroatoms. The van der Waals surface area contributed by atoms with Crippen LogP contribution in [0.1, 0.15) is 64.6 Å². The van der Waals surface area contributed by atoms with Gasteiger partial charge in [-0.2, -0.15) is 8.42 Å². The number of hydrogen-bond donors (Lipinski definition) is 6. The molecule has 2 aromatic carbocycles. The molecule has 6 rings (SSSR count). The van der Waals surface area contributed by atoms with E-state index in [1.54, 1.807) is 45.2 Å². The van der Waals surface area contributed by atoms with Crippen molar-refractivity contribution < 1.29 is 80.0 Å². The summed E-state index contributed by atoms with van der Waals surface area (Å²) in [6, 6.07) is 10.5. The Balaban J connectivity index is 1.01. The van der Waals surface area contributed by atoms with E-state index < -0.39 is 112 Å². The molecule has 0 spiro atoms. The Morgan fingerprint density at radius 1 is 1.04 bits per heavy atom. The van der Waals surface area contributed by atoms with Crippen LogP contribution in [0.5, 0.6) is 5.75 Å². The molecule has 2 fully saturated rings. The summed E-state index contributed by atoms with van der Waals surface area (Å²) in [5.74, 6) is -4.61. The van der Waals surface area contributed by atoms with Gasteiger partial charge in [-0.1, -0.05) is 60.5 Å². The Hall–Kier alpha value is -6.20. The summed E-state index contributed by atoms with van der Waals surface area (Å²) in [7, 11) is 4.80. The molecule has 3 aliphatic heterocycles. The number of halogens is 1. The first kappa shape index (κ1) is 65.9. The number of rotatable bonds is 24. The zero-order chi connectivity index (χ0) is 61.0. The van der Waals surface area contributed by atoms with Gasteiger partial charge in [-0.15, -0.1) is 0 Å². The molecular formula is C56H79ClN8O17S. The van der Waals surface area contributed by atoms with Crippen molar-refractivity contribution in [2.75, 3.05) is 86.0 Å². The number of nitrogens with zero attached hydrogens (tertiary/aromatic N) is 4. The van der Waals surface area contributed by atoms with Crippen LogP contribution in [0, 0.1) is 5.92 Å². The molecule has 3 aromatic rings. The number of nitrogens with one attached hydrogen (secondary N) is 4. The van der Waals surface area contributed by atoms with E-state index in [4.69, 9.17) is 44.8 Å². The van der Waals surface area contributed by atoms with Crippen LogP contribution in [0.2, 0.25) is 5.02 Å². The van der Waals surface area contributed by atoms with Crippen molar-refractivity contribution in [2.24, 2.45) is 5.92 Å². The Morgan fingerprint density at radius 3 is 2.43 bits per heavy atom. The van der Waals surface area contributed by atoms with Crippen LogP contribution < -0.4 is 31.0 Å². The lowest BCUT2D eigenvalue weighted by Crippen LogP contribution is -2.63. The summed E-state index contributed by atoms with van der Waals surface area (Å²) in [5, 5.41) is 22.3. The standard InChI is InChI=1S/C56H79ClN8O17S/c1-34-14-13-17-45(77-10)56(72)31-44(80-54(71)61-56)35(2)51-55(4,82-51)46(30-49(68)64(8)42-27-37(26-34)28-43(76-9)50(42)57)81-53(70)36(3)63(7)48(67)19-22-78-24-25-79-23-20-59-52(69)40(33-83(73,74)75)60-47(66)18-21-65-39(32-62(6)58-5)29-38-15-11-12-16-41(38)65/h11-17,27-29,35-36,40,44-46,51,58,72H,18-26,30-33H2,1-10H3,(H,59,69)(H,60,66)(H,61,71)(H,73,74,75)/b17-13+,34-14+/t35-,36+,40+,44+,45-,46+,51?,55+,56+/m1/s1. The summed E-state index contributed by atoms with van der Waals surface area (Å²) >= 11 is 6.81. The SMILES string of the molecule is CNN(C)Cc1cc2ccccc2n1CCC(=O)N[C@@H](CS(=O)(=O)O)C(=O)NCCOCCOCCC(=O)N(C)[C@@H](C)C(=O)O[C@H]1CC(=O)N(C)c2cc(cc(OC)c2Cl)C/C(C)=C/C=C/[C@@H](OC)[C@@]2(O)C[C@H](OC(=O)N2)[C@@H](C)C2O[C@]21C. The average Bonchev–Trinajstić information content (AvgIpc) is 2.18. The highest BCUT2D eigenvalue weighted by Gasteiger charge is 2.64. The molecule has 83 heavy (non-hydrogen) atoms. The molecule has 0 saturated carbocycles. The average molecular weight is 1200 g/mol. The van der Waals surface area contributed by atoms with E-state index in [1.807, 2.05) is 60.0 Å². The zero-order valence-corrected chi connectivity index (χ0v) is 50.2. The first-order chi connectivity index (χ1) is 39.2. The van der Waals surface area contributed by atoms with Gasteiger partial charge in [0.25, 0.3) is 10.1 Å². The first-order valence-corrected chi connectivity index (χ1v) is 29.2. The number of carbonyl (C=O) groups excluding carboxylic acids is 6. The quantitative estimate of drug-likeness (QED) is 0.0247. The van der Waals surface area contributed by atoms with Crippen LogP contribution in [0.15, 0.2) is 66.3 Å². The van der Waals surface area contributed by atoms with Crippen LogP contribution in [0.3, 0.4) is 0 Å². The minimum atomic E-state index is -4.68. The van der Waals surface area contributed by atoms with Gasteiger partial charge in [-0.3, -0.25) is 34.5 Å².